The molecule has 0 spiro atoms. The fourth-order valence-corrected chi connectivity index (χ4v) is 2.18. The molecule has 0 bridgehead atoms. The number of halogens is 4. The Bertz CT molecular complexity index is 753. The fraction of sp³-hybridized carbons (Fsp3) is 0.0714. The quantitative estimate of drug-likeness (QED) is 0.446. The van der Waals surface area contributed by atoms with E-state index < -0.39 is 40.4 Å². The van der Waals surface area contributed by atoms with Crippen LogP contribution in [0.4, 0.5) is 24.5 Å². The van der Waals surface area contributed by atoms with Crippen molar-refractivity contribution in [2.75, 3.05) is 12.4 Å². The Morgan fingerprint density at radius 1 is 1.23 bits per heavy atom. The number of ether oxygens (including phenoxy) is 1. The van der Waals surface area contributed by atoms with E-state index in [9.17, 15) is 23.1 Å². The molecule has 0 aromatic heterocycles. The summed E-state index contributed by atoms with van der Waals surface area (Å²) in [5.41, 5.74) is -1.24. The van der Waals surface area contributed by atoms with Crippen LogP contribution in [-0.2, 0) is 4.74 Å². The predicted octanol–water partition coefficient (Wildman–Crippen LogP) is 3.94. The van der Waals surface area contributed by atoms with Crippen molar-refractivity contribution in [1.82, 2.24) is 0 Å². The molecule has 4 nitrogen and oxygen atoms in total. The van der Waals surface area contributed by atoms with Crippen LogP contribution in [0, 0.1) is 21.0 Å². The highest BCUT2D eigenvalue weighted by Crippen LogP contribution is 2.33. The minimum Gasteiger partial charge on any atom is -0.505 e. The normalized spacial score (nSPS) is 10.4. The number of rotatable bonds is 3. The molecule has 0 aliphatic rings. The van der Waals surface area contributed by atoms with E-state index in [1.807, 2.05) is 22.6 Å². The lowest BCUT2D eigenvalue weighted by Gasteiger charge is -2.14. The molecule has 0 heterocycles. The Morgan fingerprint density at radius 3 is 2.50 bits per heavy atom. The number of methoxy groups -OCH3 is 1. The van der Waals surface area contributed by atoms with Crippen molar-refractivity contribution in [3.8, 4) is 5.75 Å². The van der Waals surface area contributed by atoms with Crippen LogP contribution in [0.1, 0.15) is 10.4 Å². The van der Waals surface area contributed by atoms with E-state index in [-0.39, 0.29) is 5.69 Å². The maximum atomic E-state index is 14.0. The highest BCUT2D eigenvalue weighted by Gasteiger charge is 2.23. The van der Waals surface area contributed by atoms with Gasteiger partial charge < -0.3 is 15.2 Å². The predicted molar refractivity (Wildman–Crippen MR) is 81.8 cm³/mol. The molecule has 0 amide bonds. The van der Waals surface area contributed by atoms with Gasteiger partial charge in [-0.05, 0) is 46.9 Å². The Balaban J connectivity index is 2.58. The van der Waals surface area contributed by atoms with Crippen molar-refractivity contribution in [1.29, 1.82) is 0 Å². The number of phenols is 1. The summed E-state index contributed by atoms with van der Waals surface area (Å²) >= 11 is 1.88. The van der Waals surface area contributed by atoms with Crippen molar-refractivity contribution < 1.29 is 27.8 Å². The molecular formula is C14H9F3INO3. The second kappa shape index (κ2) is 6.42. The number of carbonyl (C=O) groups is 1. The van der Waals surface area contributed by atoms with Crippen LogP contribution in [0.25, 0.3) is 0 Å². The van der Waals surface area contributed by atoms with Crippen LogP contribution in [0.3, 0.4) is 0 Å². The molecule has 2 aromatic carbocycles. The molecule has 0 atom stereocenters. The van der Waals surface area contributed by atoms with Gasteiger partial charge in [-0.15, -0.1) is 0 Å². The molecule has 0 aliphatic heterocycles. The Morgan fingerprint density at radius 2 is 1.91 bits per heavy atom. The Hall–Kier alpha value is -1.97. The molecular weight excluding hydrogens is 414 g/mol. The summed E-state index contributed by atoms with van der Waals surface area (Å²) in [5, 5.41) is 11.6. The van der Waals surface area contributed by atoms with Gasteiger partial charge in [-0.2, -0.15) is 4.39 Å². The number of phenolic OH excluding ortho intramolecular Hbond substituents is 1. The second-order valence-corrected chi connectivity index (χ2v) is 5.43. The first-order valence-electron chi connectivity index (χ1n) is 5.86. The van der Waals surface area contributed by atoms with E-state index >= 15 is 0 Å². The molecule has 0 fully saturated rings. The Kier molecular flexibility index (Phi) is 4.79. The molecule has 0 saturated heterocycles. The van der Waals surface area contributed by atoms with Gasteiger partial charge in [-0.1, -0.05) is 0 Å². The van der Waals surface area contributed by atoms with E-state index in [0.29, 0.717) is 9.64 Å². The lowest BCUT2D eigenvalue weighted by molar-refractivity contribution is 0.0600. The molecule has 22 heavy (non-hydrogen) atoms. The van der Waals surface area contributed by atoms with E-state index in [0.717, 1.165) is 7.11 Å². The van der Waals surface area contributed by atoms with E-state index in [1.54, 1.807) is 6.07 Å². The van der Waals surface area contributed by atoms with Gasteiger partial charge >= 0.3 is 5.97 Å². The summed E-state index contributed by atoms with van der Waals surface area (Å²) in [7, 11) is 1.04. The van der Waals surface area contributed by atoms with Gasteiger partial charge in [0, 0.05) is 3.57 Å². The van der Waals surface area contributed by atoms with Crippen molar-refractivity contribution in [3.63, 3.8) is 0 Å². The van der Waals surface area contributed by atoms with Gasteiger partial charge in [0.2, 0.25) is 5.82 Å². The molecule has 116 valence electrons. The summed E-state index contributed by atoms with van der Waals surface area (Å²) in [5.74, 6) is -5.84. The lowest BCUT2D eigenvalue weighted by Crippen LogP contribution is -2.09. The van der Waals surface area contributed by atoms with Crippen molar-refractivity contribution in [2.45, 2.75) is 0 Å². The standard InChI is InChI=1S/C14H9F3INO3/c1-22-14(21)7-5-10(20)11(16)12(17)13(7)19-9-3-2-6(18)4-8(9)15/h2-5,19-20H,1H3. The van der Waals surface area contributed by atoms with Crippen LogP contribution in [0.2, 0.25) is 0 Å². The number of aromatic hydroxyl groups is 1. The number of hydrogen-bond acceptors (Lipinski definition) is 4. The van der Waals surface area contributed by atoms with E-state index in [4.69, 9.17) is 0 Å². The zero-order valence-electron chi connectivity index (χ0n) is 11.1. The minimum atomic E-state index is -1.55. The topological polar surface area (TPSA) is 58.6 Å². The molecule has 0 unspecified atom stereocenters. The summed E-state index contributed by atoms with van der Waals surface area (Å²) in [6.07, 6.45) is 0. The molecule has 0 aliphatic carbocycles. The van der Waals surface area contributed by atoms with Gasteiger partial charge in [-0.3, -0.25) is 0 Å². The van der Waals surface area contributed by atoms with Gasteiger partial charge in [0.05, 0.1) is 24.0 Å². The van der Waals surface area contributed by atoms with Crippen molar-refractivity contribution in [3.05, 3.63) is 50.9 Å². The van der Waals surface area contributed by atoms with Gasteiger partial charge in [0.1, 0.15) is 5.82 Å². The summed E-state index contributed by atoms with van der Waals surface area (Å²) in [6, 6.07) is 4.73. The highest BCUT2D eigenvalue weighted by molar-refractivity contribution is 14.1. The van der Waals surface area contributed by atoms with E-state index in [1.165, 1.54) is 12.1 Å². The first kappa shape index (κ1) is 16.4. The zero-order valence-corrected chi connectivity index (χ0v) is 13.2. The third-order valence-electron chi connectivity index (χ3n) is 2.78. The van der Waals surface area contributed by atoms with Crippen LogP contribution in [0.15, 0.2) is 24.3 Å². The van der Waals surface area contributed by atoms with Crippen molar-refractivity contribution >= 4 is 39.9 Å². The molecule has 2 N–H and O–H groups in total. The number of anilines is 2. The summed E-state index contributed by atoms with van der Waals surface area (Å²) < 4.78 is 46.3. The zero-order chi connectivity index (χ0) is 16.4. The third-order valence-corrected chi connectivity index (χ3v) is 3.45. The van der Waals surface area contributed by atoms with Crippen LogP contribution >= 0.6 is 22.6 Å². The van der Waals surface area contributed by atoms with Crippen molar-refractivity contribution in [2.24, 2.45) is 0 Å². The number of nitrogens with one attached hydrogen (secondary N) is 1. The van der Waals surface area contributed by atoms with Crippen LogP contribution < -0.4 is 5.32 Å². The molecule has 8 heteroatoms. The largest absolute Gasteiger partial charge is 0.505 e. The SMILES string of the molecule is COC(=O)c1cc(O)c(F)c(F)c1Nc1ccc(I)cc1F. The monoisotopic (exact) mass is 423 g/mol. The van der Waals surface area contributed by atoms with Crippen LogP contribution in [0.5, 0.6) is 5.75 Å². The highest BCUT2D eigenvalue weighted by atomic mass is 127. The maximum absolute atomic E-state index is 14.0. The Labute approximate surface area is 137 Å². The number of benzene rings is 2. The average molecular weight is 423 g/mol. The number of carbonyl (C=O) groups excluding carboxylic acids is 1. The van der Waals surface area contributed by atoms with Crippen LogP contribution in [-0.4, -0.2) is 18.2 Å². The summed E-state index contributed by atoms with van der Waals surface area (Å²) in [4.78, 5) is 11.6. The molecule has 0 saturated carbocycles. The van der Waals surface area contributed by atoms with Gasteiger partial charge in [-0.25, -0.2) is 13.6 Å². The number of hydrogen-bond donors (Lipinski definition) is 2. The minimum absolute atomic E-state index is 0.158. The fourth-order valence-electron chi connectivity index (χ4n) is 1.73. The average Bonchev–Trinajstić information content (AvgIpc) is 2.49. The first-order chi connectivity index (χ1) is 10.3. The molecule has 2 aromatic rings. The third kappa shape index (κ3) is 3.11. The maximum Gasteiger partial charge on any atom is 0.340 e. The summed E-state index contributed by atoms with van der Waals surface area (Å²) in [6.45, 7) is 0. The number of esters is 1. The molecule has 2 rings (SSSR count). The van der Waals surface area contributed by atoms with E-state index in [2.05, 4.69) is 10.1 Å². The van der Waals surface area contributed by atoms with Gasteiger partial charge in [0.25, 0.3) is 0 Å². The second-order valence-electron chi connectivity index (χ2n) is 4.19. The lowest BCUT2D eigenvalue weighted by atomic mass is 10.1. The van der Waals surface area contributed by atoms with Gasteiger partial charge in [0.15, 0.2) is 11.6 Å². The smallest absolute Gasteiger partial charge is 0.340 e. The molecule has 0 radical (unpaired) electrons. The first-order valence-corrected chi connectivity index (χ1v) is 6.94.